The van der Waals surface area contributed by atoms with Crippen LogP contribution in [0.3, 0.4) is 0 Å². The van der Waals surface area contributed by atoms with Crippen LogP contribution in [0.5, 0.6) is 5.75 Å². The van der Waals surface area contributed by atoms with E-state index in [1.807, 2.05) is 42.6 Å². The van der Waals surface area contributed by atoms with Crippen LogP contribution >= 0.6 is 11.3 Å². The van der Waals surface area contributed by atoms with Crippen LogP contribution in [-0.2, 0) is 4.79 Å². The van der Waals surface area contributed by atoms with Crippen LogP contribution in [0.1, 0.15) is 54.3 Å². The molecule has 7 heteroatoms. The van der Waals surface area contributed by atoms with Gasteiger partial charge in [0.15, 0.2) is 0 Å². The highest BCUT2D eigenvalue weighted by atomic mass is 32.1. The zero-order valence-corrected chi connectivity index (χ0v) is 21.0. The number of hydrogen-bond donors (Lipinski definition) is 1. The molecule has 0 aliphatic carbocycles. The first-order valence-electron chi connectivity index (χ1n) is 11.9. The number of aliphatic carboxylic acids is 1. The zero-order chi connectivity index (χ0) is 24.8. The molecule has 2 aromatic heterocycles. The maximum absolute atomic E-state index is 15.8. The van der Waals surface area contributed by atoms with Gasteiger partial charge in [0, 0.05) is 11.6 Å². The van der Waals surface area contributed by atoms with Gasteiger partial charge >= 0.3 is 5.97 Å². The van der Waals surface area contributed by atoms with Crippen LogP contribution in [-0.4, -0.2) is 47.7 Å². The molecule has 1 saturated heterocycles. The fourth-order valence-electron chi connectivity index (χ4n) is 5.02. The predicted octanol–water partition coefficient (Wildman–Crippen LogP) is 6.01. The summed E-state index contributed by atoms with van der Waals surface area (Å²) >= 11 is 1.62. The van der Waals surface area contributed by atoms with E-state index >= 15 is 4.39 Å². The summed E-state index contributed by atoms with van der Waals surface area (Å²) in [6.45, 7) is 4.09. The van der Waals surface area contributed by atoms with Crippen molar-refractivity contribution in [3.05, 3.63) is 57.9 Å². The molecule has 0 amide bonds. The number of thiophene rings is 1. The number of rotatable bonds is 8. The number of nitrogens with zero attached hydrogens (tertiary/aromatic N) is 2. The molecule has 3 heterocycles. The topological polar surface area (TPSA) is 62.7 Å². The maximum atomic E-state index is 15.8. The number of piperidine rings is 1. The second kappa shape index (κ2) is 11.2. The van der Waals surface area contributed by atoms with E-state index < -0.39 is 17.6 Å². The highest BCUT2D eigenvalue weighted by molar-refractivity contribution is 7.10. The number of aryl methyl sites for hydroxylation is 1. The maximum Gasteiger partial charge on any atom is 0.303 e. The third-order valence-corrected chi connectivity index (χ3v) is 7.82. The molecule has 5 nitrogen and oxygen atoms in total. The Morgan fingerprint density at radius 1 is 1.34 bits per heavy atom. The molecule has 0 radical (unpaired) electrons. The average Bonchev–Trinajstić information content (AvgIpc) is 3.36. The van der Waals surface area contributed by atoms with Crippen molar-refractivity contribution in [3.8, 4) is 17.6 Å². The van der Waals surface area contributed by atoms with E-state index in [1.54, 1.807) is 24.6 Å². The third kappa shape index (κ3) is 6.19. The van der Waals surface area contributed by atoms with Gasteiger partial charge in [0.1, 0.15) is 11.9 Å². The Labute approximate surface area is 209 Å². The van der Waals surface area contributed by atoms with Crippen molar-refractivity contribution in [2.75, 3.05) is 26.7 Å². The van der Waals surface area contributed by atoms with Crippen LogP contribution in [0.25, 0.3) is 10.9 Å². The summed E-state index contributed by atoms with van der Waals surface area (Å²) in [4.78, 5) is 19.5. The molecule has 0 bridgehead atoms. The second-order valence-electron chi connectivity index (χ2n) is 9.37. The van der Waals surface area contributed by atoms with E-state index in [1.165, 1.54) is 0 Å². The van der Waals surface area contributed by atoms with E-state index in [9.17, 15) is 9.90 Å². The highest BCUT2D eigenvalue weighted by Gasteiger charge is 2.37. The number of carboxylic acid groups (broad SMARTS) is 1. The number of benzene rings is 1. The van der Waals surface area contributed by atoms with Crippen LogP contribution < -0.4 is 4.74 Å². The first kappa shape index (κ1) is 25.2. The Hall–Kier alpha value is -2.95. The number of ether oxygens (including phenoxy) is 1. The molecule has 3 aromatic rings. The van der Waals surface area contributed by atoms with Gasteiger partial charge in [0.25, 0.3) is 0 Å². The van der Waals surface area contributed by atoms with Crippen LogP contribution in [0.15, 0.2) is 41.9 Å². The van der Waals surface area contributed by atoms with Gasteiger partial charge in [-0.05, 0) is 91.9 Å². The van der Waals surface area contributed by atoms with Crippen LogP contribution in [0.4, 0.5) is 4.39 Å². The summed E-state index contributed by atoms with van der Waals surface area (Å²) in [6, 6.07) is 9.48. The summed E-state index contributed by atoms with van der Waals surface area (Å²) in [5.74, 6) is 6.25. The highest BCUT2D eigenvalue weighted by Crippen LogP contribution is 2.43. The Morgan fingerprint density at radius 2 is 2.14 bits per heavy atom. The lowest BCUT2D eigenvalue weighted by Crippen LogP contribution is -2.41. The Kier molecular flexibility index (Phi) is 8.04. The van der Waals surface area contributed by atoms with E-state index in [2.05, 4.69) is 21.7 Å². The monoisotopic (exact) mass is 494 g/mol. The molecule has 1 atom stereocenters. The van der Waals surface area contributed by atoms with Crippen molar-refractivity contribution in [2.24, 2.45) is 5.41 Å². The number of alkyl halides is 1. The number of fused-ring (bicyclic) bond motifs is 1. The molecular formula is C28H31FN2O3S. The van der Waals surface area contributed by atoms with Gasteiger partial charge in [-0.15, -0.1) is 11.3 Å². The number of hydrogen-bond acceptors (Lipinski definition) is 5. The third-order valence-electron chi connectivity index (χ3n) is 7.04. The van der Waals surface area contributed by atoms with Gasteiger partial charge in [-0.2, -0.15) is 0 Å². The minimum absolute atomic E-state index is 0.0678. The molecule has 35 heavy (non-hydrogen) atoms. The molecule has 4 rings (SSSR count). The Balaban J connectivity index is 1.44. The lowest BCUT2D eigenvalue weighted by molar-refractivity contribution is -0.141. The number of carbonyl (C=O) groups is 1. The van der Waals surface area contributed by atoms with Gasteiger partial charge in [0.2, 0.25) is 0 Å². The average molecular weight is 495 g/mol. The van der Waals surface area contributed by atoms with Gasteiger partial charge in [0.05, 0.1) is 30.5 Å². The van der Waals surface area contributed by atoms with Crippen LogP contribution in [0, 0.1) is 24.2 Å². The number of pyridine rings is 1. The normalized spacial score (nSPS) is 16.4. The van der Waals surface area contributed by atoms with Crippen molar-refractivity contribution in [2.45, 2.75) is 45.2 Å². The number of methoxy groups -OCH3 is 1. The quantitative estimate of drug-likeness (QED) is 0.389. The van der Waals surface area contributed by atoms with E-state index in [-0.39, 0.29) is 12.8 Å². The lowest BCUT2D eigenvalue weighted by atomic mass is 9.71. The zero-order valence-electron chi connectivity index (χ0n) is 20.2. The van der Waals surface area contributed by atoms with Gasteiger partial charge in [-0.25, -0.2) is 4.39 Å². The van der Waals surface area contributed by atoms with Gasteiger partial charge < -0.3 is 9.84 Å². The molecule has 1 aliphatic rings. The SMILES string of the molecule is COc1ccc2ncc(C)c([C@H](F)CCC3(CC(=O)O)CCN(CC#Cc4cccs4)CC3)c2c1. The smallest absolute Gasteiger partial charge is 0.303 e. The van der Waals surface area contributed by atoms with Crippen molar-refractivity contribution in [1.82, 2.24) is 9.88 Å². The fourth-order valence-corrected chi connectivity index (χ4v) is 5.61. The molecule has 1 fully saturated rings. The van der Waals surface area contributed by atoms with Crippen molar-refractivity contribution in [1.29, 1.82) is 0 Å². The van der Waals surface area contributed by atoms with E-state index in [0.717, 1.165) is 47.3 Å². The first-order chi connectivity index (χ1) is 16.9. The Bertz CT molecular complexity index is 1220. The minimum Gasteiger partial charge on any atom is -0.497 e. The Morgan fingerprint density at radius 3 is 2.83 bits per heavy atom. The molecule has 184 valence electrons. The fraction of sp³-hybridized carbons (Fsp3) is 0.429. The molecular weight excluding hydrogens is 463 g/mol. The molecule has 1 aliphatic heterocycles. The standard InChI is InChI=1S/C28H31FN2O3S/c1-20-19-30-25-8-7-21(34-2)17-23(25)27(20)24(29)9-10-28(18-26(32)33)11-14-31(15-12-28)13-3-5-22-6-4-16-35-22/h4,6-8,16-17,19,24H,9-15,18H2,1-2H3,(H,32,33)/t24-/m1/s1. The summed E-state index contributed by atoms with van der Waals surface area (Å²) in [6.07, 6.45) is 2.85. The predicted molar refractivity (Wildman–Crippen MR) is 138 cm³/mol. The first-order valence-corrected chi connectivity index (χ1v) is 12.8. The second-order valence-corrected chi connectivity index (χ2v) is 10.3. The number of carboxylic acids is 1. The largest absolute Gasteiger partial charge is 0.497 e. The van der Waals surface area contributed by atoms with Crippen molar-refractivity contribution in [3.63, 3.8) is 0 Å². The molecule has 0 unspecified atom stereocenters. The summed E-state index contributed by atoms with van der Waals surface area (Å²) in [5.41, 5.74) is 1.75. The number of likely N-dealkylation sites (tertiary alicyclic amines) is 1. The number of halogens is 1. The molecule has 0 spiro atoms. The van der Waals surface area contributed by atoms with Crippen molar-refractivity contribution >= 4 is 28.2 Å². The van der Waals surface area contributed by atoms with Gasteiger partial charge in [-0.1, -0.05) is 17.9 Å². The molecule has 1 N–H and O–H groups in total. The van der Waals surface area contributed by atoms with E-state index in [0.29, 0.717) is 24.3 Å². The van der Waals surface area contributed by atoms with E-state index in [4.69, 9.17) is 4.74 Å². The lowest BCUT2D eigenvalue weighted by Gasteiger charge is -2.41. The minimum atomic E-state index is -1.20. The molecule has 1 aromatic carbocycles. The number of aromatic nitrogens is 1. The summed E-state index contributed by atoms with van der Waals surface area (Å²) in [7, 11) is 1.59. The van der Waals surface area contributed by atoms with Crippen molar-refractivity contribution < 1.29 is 19.0 Å². The van der Waals surface area contributed by atoms with Crippen LogP contribution in [0.2, 0.25) is 0 Å². The van der Waals surface area contributed by atoms with Gasteiger partial charge in [-0.3, -0.25) is 14.7 Å². The summed E-state index contributed by atoms with van der Waals surface area (Å²) in [5, 5.41) is 12.4. The summed E-state index contributed by atoms with van der Waals surface area (Å²) < 4.78 is 21.1. The molecule has 0 saturated carbocycles.